The van der Waals surface area contributed by atoms with Crippen LogP contribution in [0.1, 0.15) is 19.3 Å². The van der Waals surface area contributed by atoms with Gasteiger partial charge in [-0.2, -0.15) is 26.7 Å². The zero-order valence-electron chi connectivity index (χ0n) is 19.4. The molecular formula is C18H28F3N5O10S. The summed E-state index contributed by atoms with van der Waals surface area (Å²) in [4.78, 5) is 42.8. The van der Waals surface area contributed by atoms with Crippen molar-refractivity contribution in [3.63, 3.8) is 0 Å². The zero-order valence-corrected chi connectivity index (χ0v) is 20.2. The summed E-state index contributed by atoms with van der Waals surface area (Å²) in [5.74, 6) is -3.23. The summed E-state index contributed by atoms with van der Waals surface area (Å²) in [6.07, 6.45) is -3.48. The van der Waals surface area contributed by atoms with Crippen molar-refractivity contribution in [2.75, 3.05) is 46.0 Å². The normalized spacial score (nSPS) is 28.6. The molecule has 4 heterocycles. The standard InChI is InChI=1S/C16H27N5O8S.C2HF3O2/c22-15(14-2-1-12-9-20(14)16(23)21(12)29-30(24,25)26)18-28-10-11-7-13(8-17-11)19-3-5-27-6-4-19;3-2(4,5)1(6)7/h11-14,17H,1-10H2,(H,18,22)(H,24,25,26);(H,6,7)/t11-,12+,13+,14-;/m0./s1. The van der Waals surface area contributed by atoms with Crippen LogP contribution in [0, 0.1) is 0 Å². The number of carbonyl (C=O) groups excluding carboxylic acids is 2. The minimum absolute atomic E-state index is 0.112. The van der Waals surface area contributed by atoms with Gasteiger partial charge < -0.3 is 20.1 Å². The van der Waals surface area contributed by atoms with Crippen LogP contribution in [0.25, 0.3) is 0 Å². The maximum atomic E-state index is 12.5. The van der Waals surface area contributed by atoms with Crippen LogP contribution in [0.5, 0.6) is 0 Å². The van der Waals surface area contributed by atoms with Crippen LogP contribution in [0.4, 0.5) is 18.0 Å². The van der Waals surface area contributed by atoms with Gasteiger partial charge in [-0.1, -0.05) is 0 Å². The first-order valence-corrected chi connectivity index (χ1v) is 12.7. The van der Waals surface area contributed by atoms with Crippen LogP contribution < -0.4 is 10.8 Å². The molecule has 4 aliphatic rings. The Morgan fingerprint density at radius 3 is 2.43 bits per heavy atom. The molecule has 0 saturated carbocycles. The number of fused-ring (bicyclic) bond motifs is 2. The number of nitrogens with zero attached hydrogens (tertiary/aromatic N) is 3. The summed E-state index contributed by atoms with van der Waals surface area (Å²) in [6.45, 7) is 4.63. The summed E-state index contributed by atoms with van der Waals surface area (Å²) in [6, 6.07) is -1.57. The molecule has 0 aromatic carbocycles. The highest BCUT2D eigenvalue weighted by atomic mass is 32.3. The molecule has 0 unspecified atom stereocenters. The first-order valence-electron chi connectivity index (χ1n) is 11.3. The Morgan fingerprint density at radius 1 is 1.19 bits per heavy atom. The molecule has 0 aromatic rings. The van der Waals surface area contributed by atoms with E-state index < -0.39 is 46.6 Å². The Labute approximate surface area is 209 Å². The largest absolute Gasteiger partial charge is 0.490 e. The van der Waals surface area contributed by atoms with Crippen LogP contribution in [-0.4, -0.2) is 127 Å². The second-order valence-electron chi connectivity index (χ2n) is 8.73. The number of carbonyl (C=O) groups is 3. The molecule has 4 N–H and O–H groups in total. The van der Waals surface area contributed by atoms with E-state index in [1.807, 2.05) is 0 Å². The highest BCUT2D eigenvalue weighted by molar-refractivity contribution is 7.80. The Hall–Kier alpha value is -2.29. The minimum Gasteiger partial charge on any atom is -0.475 e. The monoisotopic (exact) mass is 563 g/mol. The topological polar surface area (TPSA) is 187 Å². The lowest BCUT2D eigenvalue weighted by Crippen LogP contribution is -2.50. The number of carboxylic acid groups (broad SMARTS) is 1. The number of carboxylic acids is 1. The summed E-state index contributed by atoms with van der Waals surface area (Å²) < 4.78 is 72.2. The number of amides is 3. The fourth-order valence-corrected chi connectivity index (χ4v) is 4.92. The quantitative estimate of drug-likeness (QED) is 0.213. The molecule has 3 amide bonds. The molecule has 19 heteroatoms. The number of alkyl halides is 3. The molecule has 4 saturated heterocycles. The number of urea groups is 1. The Balaban J connectivity index is 0.000000479. The van der Waals surface area contributed by atoms with Crippen LogP contribution >= 0.6 is 0 Å². The van der Waals surface area contributed by atoms with Crippen molar-refractivity contribution in [3.05, 3.63) is 0 Å². The Morgan fingerprint density at radius 2 is 1.84 bits per heavy atom. The van der Waals surface area contributed by atoms with Gasteiger partial charge in [-0.15, -0.1) is 4.28 Å². The number of halogens is 3. The fraction of sp³-hybridized carbons (Fsp3) is 0.833. The first-order chi connectivity index (χ1) is 17.3. The number of hydroxylamine groups is 3. The van der Waals surface area contributed by atoms with Gasteiger partial charge in [-0.25, -0.2) is 15.1 Å². The average molecular weight is 564 g/mol. The smallest absolute Gasteiger partial charge is 0.475 e. The van der Waals surface area contributed by atoms with Crippen molar-refractivity contribution < 1.29 is 59.5 Å². The van der Waals surface area contributed by atoms with Gasteiger partial charge >= 0.3 is 28.6 Å². The van der Waals surface area contributed by atoms with Crippen LogP contribution in [0.15, 0.2) is 0 Å². The fourth-order valence-electron chi connectivity index (χ4n) is 4.53. The molecule has 0 aromatic heterocycles. The summed E-state index contributed by atoms with van der Waals surface area (Å²) in [5, 5.41) is 11.1. The molecule has 4 fully saturated rings. The van der Waals surface area contributed by atoms with E-state index in [0.29, 0.717) is 30.6 Å². The lowest BCUT2D eigenvalue weighted by molar-refractivity contribution is -0.192. The number of aliphatic carboxylic acids is 1. The van der Waals surface area contributed by atoms with E-state index in [2.05, 4.69) is 20.0 Å². The molecule has 212 valence electrons. The lowest BCUT2D eigenvalue weighted by Gasteiger charge is -2.31. The Kier molecular flexibility index (Phi) is 9.53. The van der Waals surface area contributed by atoms with Gasteiger partial charge in [0.2, 0.25) is 0 Å². The minimum atomic E-state index is -5.08. The van der Waals surface area contributed by atoms with E-state index in [1.165, 1.54) is 4.90 Å². The third kappa shape index (κ3) is 8.09. The molecule has 4 aliphatic heterocycles. The van der Waals surface area contributed by atoms with E-state index in [0.717, 1.165) is 39.3 Å². The van der Waals surface area contributed by atoms with Gasteiger partial charge in [0.1, 0.15) is 6.04 Å². The van der Waals surface area contributed by atoms with Gasteiger partial charge in [-0.05, 0) is 19.3 Å². The van der Waals surface area contributed by atoms with Crippen molar-refractivity contribution in [2.24, 2.45) is 0 Å². The molecular weight excluding hydrogens is 535 g/mol. The van der Waals surface area contributed by atoms with Crippen molar-refractivity contribution in [1.29, 1.82) is 0 Å². The van der Waals surface area contributed by atoms with Crippen molar-refractivity contribution in [2.45, 2.75) is 49.6 Å². The maximum Gasteiger partial charge on any atom is 0.490 e. The summed E-state index contributed by atoms with van der Waals surface area (Å²) in [5.41, 5.74) is 2.41. The van der Waals surface area contributed by atoms with Gasteiger partial charge in [0.05, 0.1) is 25.9 Å². The number of hydrogen-bond acceptors (Lipinski definition) is 10. The number of ether oxygens (including phenoxy) is 1. The molecule has 0 aliphatic carbocycles. The van der Waals surface area contributed by atoms with Gasteiger partial charge in [0.15, 0.2) is 0 Å². The molecule has 4 rings (SSSR count). The maximum absolute atomic E-state index is 12.5. The zero-order chi connectivity index (χ0) is 27.4. The van der Waals surface area contributed by atoms with E-state index >= 15 is 0 Å². The number of rotatable bonds is 7. The summed E-state index contributed by atoms with van der Waals surface area (Å²) in [7, 11) is -4.82. The van der Waals surface area contributed by atoms with Crippen molar-refractivity contribution in [1.82, 2.24) is 25.7 Å². The predicted octanol–water partition coefficient (Wildman–Crippen LogP) is -1.27. The SMILES string of the molecule is O=C(NOC[C@@H]1C[C@@H](N2CCOCC2)CN1)[C@@H]1CC[C@@H]2CN1C(=O)N2OS(=O)(=O)O.O=C(O)C(F)(F)F. The molecule has 4 atom stereocenters. The third-order valence-corrected chi connectivity index (χ3v) is 6.61. The van der Waals surface area contributed by atoms with Crippen molar-refractivity contribution in [3.8, 4) is 0 Å². The number of morpholine rings is 1. The second-order valence-corrected chi connectivity index (χ2v) is 9.74. The summed E-state index contributed by atoms with van der Waals surface area (Å²) >= 11 is 0. The highest BCUT2D eigenvalue weighted by Gasteiger charge is 2.49. The second kappa shape index (κ2) is 12.0. The van der Waals surface area contributed by atoms with Gasteiger partial charge in [-0.3, -0.25) is 19.1 Å². The van der Waals surface area contributed by atoms with Crippen molar-refractivity contribution >= 4 is 28.3 Å². The molecule has 0 radical (unpaired) electrons. The molecule has 0 spiro atoms. The lowest BCUT2D eigenvalue weighted by atomic mass is 10.0. The number of nitrogens with one attached hydrogen (secondary N) is 2. The van der Waals surface area contributed by atoms with Crippen LogP contribution in [0.3, 0.4) is 0 Å². The van der Waals surface area contributed by atoms with E-state index in [-0.39, 0.29) is 12.6 Å². The van der Waals surface area contributed by atoms with Gasteiger partial charge in [0, 0.05) is 38.3 Å². The molecule has 2 bridgehead atoms. The average Bonchev–Trinajstić information content (AvgIpc) is 3.38. The molecule has 37 heavy (non-hydrogen) atoms. The predicted molar refractivity (Wildman–Crippen MR) is 114 cm³/mol. The van der Waals surface area contributed by atoms with Crippen LogP contribution in [-0.2, 0) is 33.8 Å². The van der Waals surface area contributed by atoms with E-state index in [4.69, 9.17) is 24.0 Å². The third-order valence-electron chi connectivity index (χ3n) is 6.26. The number of piperidine rings is 1. The number of hydrogen-bond donors (Lipinski definition) is 4. The van der Waals surface area contributed by atoms with E-state index in [1.54, 1.807) is 0 Å². The Bertz CT molecular complexity index is 949. The first kappa shape index (κ1) is 29.3. The van der Waals surface area contributed by atoms with Gasteiger partial charge in [0.25, 0.3) is 5.91 Å². The van der Waals surface area contributed by atoms with E-state index in [9.17, 15) is 31.2 Å². The molecule has 15 nitrogen and oxygen atoms in total. The highest BCUT2D eigenvalue weighted by Crippen LogP contribution is 2.30. The van der Waals surface area contributed by atoms with Crippen LogP contribution in [0.2, 0.25) is 0 Å².